The lowest BCUT2D eigenvalue weighted by atomic mass is 9.72. The van der Waals surface area contributed by atoms with Gasteiger partial charge in [0.05, 0.1) is 17.1 Å². The van der Waals surface area contributed by atoms with Gasteiger partial charge in [0, 0.05) is 5.56 Å². The van der Waals surface area contributed by atoms with E-state index in [9.17, 15) is 27.9 Å². The summed E-state index contributed by atoms with van der Waals surface area (Å²) in [6.45, 7) is 12.1. The Morgan fingerprint density at radius 2 is 1.55 bits per heavy atom. The highest BCUT2D eigenvalue weighted by Gasteiger charge is 2.35. The minimum atomic E-state index is -4.93. The first-order valence-corrected chi connectivity index (χ1v) is 14.8. The number of anilines is 2. The standard InChI is InChI=1S/C33H34F3N3O4S/c1-31(2,3)27-20(16-17-24(40)28(27)32(4,5)6)18-23-29(42)39(21-12-8-7-9-13-21)30(38-23)44-19-26(41)37-22-14-10-11-15-25(22)43-33(34,35)36/h7-18,40H,19H2,1-6H3,(H,37,41). The van der Waals surface area contributed by atoms with Gasteiger partial charge in [-0.3, -0.25) is 14.5 Å². The second-order valence-electron chi connectivity index (χ2n) is 12.2. The molecule has 2 N–H and O–H groups in total. The number of carbonyl (C=O) groups is 2. The van der Waals surface area contributed by atoms with Crippen LogP contribution in [0.25, 0.3) is 6.08 Å². The van der Waals surface area contributed by atoms with E-state index < -0.39 is 29.3 Å². The van der Waals surface area contributed by atoms with Crippen LogP contribution in [0, 0.1) is 0 Å². The largest absolute Gasteiger partial charge is 0.573 e. The molecule has 4 rings (SSSR count). The van der Waals surface area contributed by atoms with Crippen molar-refractivity contribution in [3.8, 4) is 11.5 Å². The SMILES string of the molecule is CC(C)(C)c1c(O)ccc(C=C2N=C(SCC(=O)Nc3ccccc3OC(F)(F)F)N(c3ccccc3)C2=O)c1C(C)(C)C. The number of aliphatic imine (C=N–C) groups is 1. The molecular formula is C33H34F3N3O4S. The van der Waals surface area contributed by atoms with Gasteiger partial charge >= 0.3 is 6.36 Å². The number of alkyl halides is 3. The van der Waals surface area contributed by atoms with E-state index in [1.54, 1.807) is 48.5 Å². The van der Waals surface area contributed by atoms with E-state index >= 15 is 0 Å². The van der Waals surface area contributed by atoms with E-state index in [4.69, 9.17) is 0 Å². The van der Waals surface area contributed by atoms with Crippen LogP contribution in [0.15, 0.2) is 77.4 Å². The molecule has 0 aromatic heterocycles. The number of halogens is 3. The van der Waals surface area contributed by atoms with Gasteiger partial charge in [0.2, 0.25) is 5.91 Å². The Bertz CT molecular complexity index is 1620. The number of phenols is 1. The summed E-state index contributed by atoms with van der Waals surface area (Å²) in [7, 11) is 0. The van der Waals surface area contributed by atoms with E-state index in [-0.39, 0.29) is 33.5 Å². The Kier molecular flexibility index (Phi) is 9.20. The van der Waals surface area contributed by atoms with Crippen LogP contribution in [0.3, 0.4) is 0 Å². The van der Waals surface area contributed by atoms with Crippen molar-refractivity contribution in [3.05, 3.63) is 89.1 Å². The number of carbonyl (C=O) groups excluding carboxylic acids is 2. The second kappa shape index (κ2) is 12.4. The maximum absolute atomic E-state index is 13.8. The average Bonchev–Trinajstić information content (AvgIpc) is 3.22. The lowest BCUT2D eigenvalue weighted by Gasteiger charge is -2.32. The number of nitrogens with zero attached hydrogens (tertiary/aromatic N) is 2. The van der Waals surface area contributed by atoms with Crippen molar-refractivity contribution in [2.24, 2.45) is 4.99 Å². The molecule has 1 heterocycles. The van der Waals surface area contributed by atoms with Crippen molar-refractivity contribution in [1.82, 2.24) is 0 Å². The average molecular weight is 626 g/mol. The van der Waals surface area contributed by atoms with Crippen LogP contribution in [-0.4, -0.2) is 34.2 Å². The highest BCUT2D eigenvalue weighted by atomic mass is 32.2. The zero-order valence-corrected chi connectivity index (χ0v) is 26.1. The van der Waals surface area contributed by atoms with Gasteiger partial charge in [-0.1, -0.05) is 89.7 Å². The maximum Gasteiger partial charge on any atom is 0.573 e. The number of benzene rings is 3. The predicted octanol–water partition coefficient (Wildman–Crippen LogP) is 8.00. The first kappa shape index (κ1) is 32.7. The van der Waals surface area contributed by atoms with E-state index in [2.05, 4.69) is 15.0 Å². The molecule has 0 saturated carbocycles. The number of thioether (sulfide) groups is 1. The molecule has 2 amide bonds. The summed E-state index contributed by atoms with van der Waals surface area (Å²) >= 11 is 0.970. The molecule has 3 aromatic rings. The summed E-state index contributed by atoms with van der Waals surface area (Å²) in [6, 6.07) is 17.4. The van der Waals surface area contributed by atoms with Gasteiger partial charge < -0.3 is 15.2 Å². The van der Waals surface area contributed by atoms with Crippen molar-refractivity contribution in [2.45, 2.75) is 58.7 Å². The lowest BCUT2D eigenvalue weighted by Crippen LogP contribution is -2.31. The maximum atomic E-state index is 13.8. The minimum absolute atomic E-state index is 0.136. The van der Waals surface area contributed by atoms with E-state index in [0.29, 0.717) is 5.69 Å². The Morgan fingerprint density at radius 1 is 0.932 bits per heavy atom. The molecule has 1 aliphatic rings. The fourth-order valence-electron chi connectivity index (χ4n) is 4.94. The normalized spacial score (nSPS) is 15.0. The van der Waals surface area contributed by atoms with E-state index in [1.165, 1.54) is 23.1 Å². The smallest absolute Gasteiger partial charge is 0.508 e. The fraction of sp³-hybridized carbons (Fsp3) is 0.303. The van der Waals surface area contributed by atoms with Crippen LogP contribution in [0.5, 0.6) is 11.5 Å². The topological polar surface area (TPSA) is 91.2 Å². The summed E-state index contributed by atoms with van der Waals surface area (Å²) in [5.41, 5.74) is 2.13. The first-order valence-electron chi connectivity index (χ1n) is 13.8. The zero-order chi connectivity index (χ0) is 32.4. The summed E-state index contributed by atoms with van der Waals surface area (Å²) < 4.78 is 42.5. The number of phenolic OH excluding ortho intramolecular Hbond substituents is 1. The Hall–Kier alpha value is -4.25. The molecule has 11 heteroatoms. The third-order valence-corrected chi connectivity index (χ3v) is 7.51. The minimum Gasteiger partial charge on any atom is -0.508 e. The Labute approximate surface area is 258 Å². The molecule has 232 valence electrons. The van der Waals surface area contributed by atoms with Crippen LogP contribution in [0.4, 0.5) is 24.5 Å². The number of amides is 2. The molecule has 0 spiro atoms. The summed E-state index contributed by atoms with van der Waals surface area (Å²) in [4.78, 5) is 32.6. The third kappa shape index (κ3) is 7.63. The fourth-order valence-corrected chi connectivity index (χ4v) is 5.75. The van der Waals surface area contributed by atoms with Crippen LogP contribution in [0.2, 0.25) is 0 Å². The molecule has 0 bridgehead atoms. The van der Waals surface area contributed by atoms with Gasteiger partial charge in [0.25, 0.3) is 5.91 Å². The number of hydrogen-bond acceptors (Lipinski definition) is 6. The number of aromatic hydroxyl groups is 1. The quantitative estimate of drug-likeness (QED) is 0.271. The van der Waals surface area contributed by atoms with Gasteiger partial charge in [-0.15, -0.1) is 13.2 Å². The summed E-state index contributed by atoms with van der Waals surface area (Å²) in [5, 5.41) is 13.5. The number of nitrogens with one attached hydrogen (secondary N) is 1. The van der Waals surface area contributed by atoms with Crippen molar-refractivity contribution < 1.29 is 32.6 Å². The monoisotopic (exact) mass is 625 g/mol. The highest BCUT2D eigenvalue weighted by molar-refractivity contribution is 8.14. The predicted molar refractivity (Wildman–Crippen MR) is 169 cm³/mol. The Balaban J connectivity index is 1.69. The van der Waals surface area contributed by atoms with E-state index in [0.717, 1.165) is 34.5 Å². The van der Waals surface area contributed by atoms with Gasteiger partial charge in [0.1, 0.15) is 11.4 Å². The summed E-state index contributed by atoms with van der Waals surface area (Å²) in [6.07, 6.45) is -3.24. The molecule has 0 atom stereocenters. The molecule has 3 aromatic carbocycles. The van der Waals surface area contributed by atoms with Crippen LogP contribution in [0.1, 0.15) is 58.2 Å². The van der Waals surface area contributed by atoms with Gasteiger partial charge in [0.15, 0.2) is 10.9 Å². The van der Waals surface area contributed by atoms with Gasteiger partial charge in [-0.2, -0.15) is 0 Å². The zero-order valence-electron chi connectivity index (χ0n) is 25.2. The van der Waals surface area contributed by atoms with Crippen molar-refractivity contribution in [1.29, 1.82) is 0 Å². The molecule has 44 heavy (non-hydrogen) atoms. The molecule has 0 aliphatic carbocycles. The third-order valence-electron chi connectivity index (χ3n) is 6.57. The molecular weight excluding hydrogens is 591 g/mol. The van der Waals surface area contributed by atoms with Crippen molar-refractivity contribution >= 4 is 46.2 Å². The molecule has 7 nitrogen and oxygen atoms in total. The van der Waals surface area contributed by atoms with Crippen LogP contribution < -0.4 is 15.0 Å². The molecule has 0 saturated heterocycles. The van der Waals surface area contributed by atoms with Crippen molar-refractivity contribution in [2.75, 3.05) is 16.0 Å². The van der Waals surface area contributed by atoms with Crippen LogP contribution in [-0.2, 0) is 20.4 Å². The molecule has 0 radical (unpaired) electrons. The Morgan fingerprint density at radius 3 is 2.16 bits per heavy atom. The number of hydrogen-bond donors (Lipinski definition) is 2. The lowest BCUT2D eigenvalue weighted by molar-refractivity contribution is -0.274. The van der Waals surface area contributed by atoms with Crippen molar-refractivity contribution in [3.63, 3.8) is 0 Å². The first-order chi connectivity index (χ1) is 20.5. The van der Waals surface area contributed by atoms with E-state index in [1.807, 2.05) is 41.5 Å². The van der Waals surface area contributed by atoms with Gasteiger partial charge in [-0.05, 0) is 58.4 Å². The molecule has 1 aliphatic heterocycles. The molecule has 0 unspecified atom stereocenters. The second-order valence-corrected chi connectivity index (χ2v) is 13.1. The van der Waals surface area contributed by atoms with Crippen LogP contribution >= 0.6 is 11.8 Å². The number of para-hydroxylation sites is 3. The summed E-state index contributed by atoms with van der Waals surface area (Å²) in [5.74, 6) is -1.64. The number of ether oxygens (including phenoxy) is 1. The number of rotatable bonds is 6. The highest BCUT2D eigenvalue weighted by Crippen LogP contribution is 2.42. The number of amidine groups is 1. The van der Waals surface area contributed by atoms with Gasteiger partial charge in [-0.25, -0.2) is 4.99 Å². The molecule has 0 fully saturated rings.